The summed E-state index contributed by atoms with van der Waals surface area (Å²) in [4.78, 5) is 30.9. The van der Waals surface area contributed by atoms with Gasteiger partial charge in [-0.3, -0.25) is 9.59 Å². The van der Waals surface area contributed by atoms with Crippen molar-refractivity contribution in [2.75, 3.05) is 32.9 Å². The van der Waals surface area contributed by atoms with Crippen LogP contribution in [0.2, 0.25) is 0 Å². The lowest BCUT2D eigenvalue weighted by atomic mass is 10.0. The fourth-order valence-electron chi connectivity index (χ4n) is 3.93. The Hall–Kier alpha value is -1.44. The highest BCUT2D eigenvalue weighted by atomic mass is 32.1. The van der Waals surface area contributed by atoms with E-state index in [1.807, 2.05) is 28.9 Å². The Labute approximate surface area is 145 Å². The number of carbonyl (C=O) groups is 2. The van der Waals surface area contributed by atoms with Gasteiger partial charge in [0, 0.05) is 37.2 Å². The summed E-state index contributed by atoms with van der Waals surface area (Å²) >= 11 is 1.52. The zero-order chi connectivity index (χ0) is 16.7. The number of ether oxygens (including phenoxy) is 2. The Morgan fingerprint density at radius 1 is 1.25 bits per heavy atom. The number of hydrogen-bond donors (Lipinski definition) is 0. The number of likely N-dealkylation sites (tertiary alicyclic amines) is 1. The number of rotatable bonds is 2. The standard InChI is InChI=1S/C17H22N2O4S/c1-11-2-3-15(24-11)17(21)18-8-13-14(9-18)23-10-16(20)19(13)12-4-6-22-7-5-12/h2-3,12-14H,4-10H2,1H3/t13-,14-/m0/s1. The van der Waals surface area contributed by atoms with Crippen molar-refractivity contribution in [3.63, 3.8) is 0 Å². The van der Waals surface area contributed by atoms with Crippen molar-refractivity contribution in [2.24, 2.45) is 0 Å². The first-order valence-corrected chi connectivity index (χ1v) is 9.31. The Bertz CT molecular complexity index is 640. The van der Waals surface area contributed by atoms with Gasteiger partial charge in [0.05, 0.1) is 17.0 Å². The average Bonchev–Trinajstić information content (AvgIpc) is 3.21. The van der Waals surface area contributed by atoms with Crippen LogP contribution in [0, 0.1) is 6.92 Å². The van der Waals surface area contributed by atoms with E-state index < -0.39 is 0 Å². The van der Waals surface area contributed by atoms with Gasteiger partial charge >= 0.3 is 0 Å². The molecule has 24 heavy (non-hydrogen) atoms. The van der Waals surface area contributed by atoms with Crippen molar-refractivity contribution in [3.05, 3.63) is 21.9 Å². The zero-order valence-electron chi connectivity index (χ0n) is 13.8. The third kappa shape index (κ3) is 2.85. The molecule has 3 aliphatic rings. The smallest absolute Gasteiger partial charge is 0.264 e. The molecule has 7 heteroatoms. The molecule has 0 radical (unpaired) electrons. The van der Waals surface area contributed by atoms with Crippen LogP contribution in [0.3, 0.4) is 0 Å². The summed E-state index contributed by atoms with van der Waals surface area (Å²) in [6.45, 7) is 4.64. The van der Waals surface area contributed by atoms with Crippen molar-refractivity contribution in [3.8, 4) is 0 Å². The van der Waals surface area contributed by atoms with Crippen LogP contribution in [0.1, 0.15) is 27.4 Å². The molecular weight excluding hydrogens is 328 g/mol. The molecule has 1 aromatic heterocycles. The summed E-state index contributed by atoms with van der Waals surface area (Å²) in [6.07, 6.45) is 1.66. The second-order valence-corrected chi connectivity index (χ2v) is 7.97. The Kier molecular flexibility index (Phi) is 4.32. The van der Waals surface area contributed by atoms with Crippen LogP contribution < -0.4 is 0 Å². The van der Waals surface area contributed by atoms with Gasteiger partial charge in [0.25, 0.3) is 5.91 Å². The summed E-state index contributed by atoms with van der Waals surface area (Å²) in [5.74, 6) is 0.0925. The van der Waals surface area contributed by atoms with E-state index in [4.69, 9.17) is 9.47 Å². The lowest BCUT2D eigenvalue weighted by Crippen LogP contribution is -2.58. The molecule has 3 fully saturated rings. The van der Waals surface area contributed by atoms with E-state index in [-0.39, 0.29) is 36.6 Å². The van der Waals surface area contributed by atoms with Gasteiger partial charge in [0.15, 0.2) is 0 Å². The summed E-state index contributed by atoms with van der Waals surface area (Å²) in [5, 5.41) is 0. The summed E-state index contributed by atoms with van der Waals surface area (Å²) in [5.41, 5.74) is 0. The maximum Gasteiger partial charge on any atom is 0.264 e. The number of thiophene rings is 1. The molecule has 0 N–H and O–H groups in total. The number of fused-ring (bicyclic) bond motifs is 1. The molecule has 0 aliphatic carbocycles. The van der Waals surface area contributed by atoms with Crippen LogP contribution >= 0.6 is 11.3 Å². The molecule has 4 rings (SSSR count). The summed E-state index contributed by atoms with van der Waals surface area (Å²) in [7, 11) is 0. The molecule has 0 bridgehead atoms. The average molecular weight is 350 g/mol. The van der Waals surface area contributed by atoms with Crippen molar-refractivity contribution < 1.29 is 19.1 Å². The van der Waals surface area contributed by atoms with Gasteiger partial charge in [-0.15, -0.1) is 11.3 Å². The van der Waals surface area contributed by atoms with E-state index in [2.05, 4.69) is 0 Å². The number of morpholine rings is 1. The molecule has 130 valence electrons. The fraction of sp³-hybridized carbons (Fsp3) is 0.647. The minimum absolute atomic E-state index is 0.0284. The predicted octanol–water partition coefficient (Wildman–Crippen LogP) is 1.29. The zero-order valence-corrected chi connectivity index (χ0v) is 14.6. The van der Waals surface area contributed by atoms with E-state index in [0.29, 0.717) is 26.3 Å². The minimum Gasteiger partial charge on any atom is -0.381 e. The van der Waals surface area contributed by atoms with Gasteiger partial charge in [0.2, 0.25) is 5.91 Å². The molecule has 2 atom stereocenters. The molecule has 6 nitrogen and oxygen atoms in total. The van der Waals surface area contributed by atoms with Crippen LogP contribution in [0.4, 0.5) is 0 Å². The van der Waals surface area contributed by atoms with Crippen molar-refractivity contribution in [2.45, 2.75) is 38.0 Å². The monoisotopic (exact) mass is 350 g/mol. The third-order valence-corrected chi connectivity index (χ3v) is 6.11. The first-order chi connectivity index (χ1) is 11.6. The van der Waals surface area contributed by atoms with Crippen molar-refractivity contribution in [1.82, 2.24) is 9.80 Å². The van der Waals surface area contributed by atoms with E-state index in [1.165, 1.54) is 11.3 Å². The molecule has 0 aromatic carbocycles. The molecule has 3 aliphatic heterocycles. The molecule has 4 heterocycles. The maximum atomic E-state index is 12.7. The normalized spacial score (nSPS) is 28.3. The SMILES string of the molecule is Cc1ccc(C(=O)N2C[C@@H]3OCC(=O)N(C4CCOCC4)[C@H]3C2)s1. The summed E-state index contributed by atoms with van der Waals surface area (Å²) in [6, 6.07) is 4.03. The van der Waals surface area contributed by atoms with Crippen molar-refractivity contribution in [1.29, 1.82) is 0 Å². The minimum atomic E-state index is -0.0736. The van der Waals surface area contributed by atoms with E-state index in [9.17, 15) is 9.59 Å². The number of amides is 2. The molecule has 0 saturated carbocycles. The number of nitrogens with zero attached hydrogens (tertiary/aromatic N) is 2. The maximum absolute atomic E-state index is 12.7. The van der Waals surface area contributed by atoms with E-state index >= 15 is 0 Å². The van der Waals surface area contributed by atoms with E-state index in [0.717, 1.165) is 22.6 Å². The first-order valence-electron chi connectivity index (χ1n) is 8.49. The Morgan fingerprint density at radius 2 is 2.04 bits per heavy atom. The van der Waals surface area contributed by atoms with Crippen LogP contribution in [0.25, 0.3) is 0 Å². The highest BCUT2D eigenvalue weighted by Crippen LogP contribution is 2.30. The molecule has 0 unspecified atom stereocenters. The van der Waals surface area contributed by atoms with Crippen molar-refractivity contribution >= 4 is 23.2 Å². The fourth-order valence-corrected chi connectivity index (χ4v) is 4.77. The highest BCUT2D eigenvalue weighted by Gasteiger charge is 2.47. The van der Waals surface area contributed by atoms with Crippen LogP contribution in [-0.2, 0) is 14.3 Å². The quantitative estimate of drug-likeness (QED) is 0.806. The molecule has 0 spiro atoms. The number of aryl methyl sites for hydroxylation is 1. The van der Waals surface area contributed by atoms with Gasteiger partial charge < -0.3 is 19.3 Å². The van der Waals surface area contributed by atoms with E-state index in [1.54, 1.807) is 0 Å². The number of hydrogen-bond acceptors (Lipinski definition) is 5. The molecule has 2 amide bonds. The lowest BCUT2D eigenvalue weighted by molar-refractivity contribution is -0.159. The second kappa shape index (κ2) is 6.46. The van der Waals surface area contributed by atoms with Gasteiger partial charge in [-0.2, -0.15) is 0 Å². The Morgan fingerprint density at radius 3 is 2.75 bits per heavy atom. The van der Waals surface area contributed by atoms with Crippen LogP contribution in [0.5, 0.6) is 0 Å². The van der Waals surface area contributed by atoms with Gasteiger partial charge in [-0.25, -0.2) is 0 Å². The second-order valence-electron chi connectivity index (χ2n) is 6.68. The molecule has 3 saturated heterocycles. The van der Waals surface area contributed by atoms with Crippen LogP contribution in [0.15, 0.2) is 12.1 Å². The highest BCUT2D eigenvalue weighted by molar-refractivity contribution is 7.13. The van der Waals surface area contributed by atoms with Gasteiger partial charge in [-0.1, -0.05) is 0 Å². The topological polar surface area (TPSA) is 59.1 Å². The summed E-state index contributed by atoms with van der Waals surface area (Å²) < 4.78 is 11.2. The molecule has 1 aromatic rings. The predicted molar refractivity (Wildman–Crippen MR) is 89.2 cm³/mol. The van der Waals surface area contributed by atoms with Crippen LogP contribution in [-0.4, -0.2) is 72.7 Å². The number of carbonyl (C=O) groups excluding carboxylic acids is 2. The third-order valence-electron chi connectivity index (χ3n) is 5.13. The lowest BCUT2D eigenvalue weighted by Gasteiger charge is -2.43. The molecular formula is C17H22N2O4S. The largest absolute Gasteiger partial charge is 0.381 e. The van der Waals surface area contributed by atoms with Gasteiger partial charge in [0.1, 0.15) is 6.61 Å². The Balaban J connectivity index is 1.51. The van der Waals surface area contributed by atoms with Gasteiger partial charge in [-0.05, 0) is 31.9 Å². The first kappa shape index (κ1) is 16.1.